The minimum atomic E-state index is -5.00. The Morgan fingerprint density at radius 1 is 1.15 bits per heavy atom. The number of hydrogen-bond acceptors (Lipinski definition) is 7. The summed E-state index contributed by atoms with van der Waals surface area (Å²) in [7, 11) is 0. The Kier molecular flexibility index (Phi) is 8.18. The van der Waals surface area contributed by atoms with Gasteiger partial charge in [-0.25, -0.2) is 28.3 Å². The molecule has 11 nitrogen and oxygen atoms in total. The van der Waals surface area contributed by atoms with E-state index in [1.807, 2.05) is 0 Å². The first-order chi connectivity index (χ1) is 18.7. The number of carbonyl (C=O) groups is 1. The highest BCUT2D eigenvalue weighted by Gasteiger charge is 2.39. The van der Waals surface area contributed by atoms with Crippen LogP contribution in [-0.2, 0) is 17.8 Å². The lowest BCUT2D eigenvalue weighted by Crippen LogP contribution is -2.37. The van der Waals surface area contributed by atoms with Gasteiger partial charge in [-0.2, -0.15) is 13.2 Å². The number of aromatic nitrogens is 6. The van der Waals surface area contributed by atoms with E-state index in [1.165, 1.54) is 37.3 Å². The van der Waals surface area contributed by atoms with Crippen LogP contribution in [0.1, 0.15) is 24.7 Å². The van der Waals surface area contributed by atoms with Gasteiger partial charge in [0.1, 0.15) is 12.4 Å². The molecule has 2 atom stereocenters. The standard InChI is InChI=1S/C23H19Cl2F4N7O4/c1-11(40-21(30)38)19-31-18(32-36(19)16-7-6-14(26)8-15(16)25)10-35-22(39)34(9-17(37)23(27,28)29)20(33-35)12-2-4-13(24)5-3-12/h2-8,11,17,37H,9-10H2,1H3,(H2,30,38)/t11-,17+/m1/s1. The second-order valence-corrected chi connectivity index (χ2v) is 9.26. The fourth-order valence-corrected chi connectivity index (χ4v) is 4.06. The molecule has 4 aromatic rings. The van der Waals surface area contributed by atoms with E-state index in [1.54, 1.807) is 0 Å². The number of primary amides is 1. The highest BCUT2D eigenvalue weighted by molar-refractivity contribution is 6.32. The average molecular weight is 604 g/mol. The van der Waals surface area contributed by atoms with Gasteiger partial charge in [0.05, 0.1) is 17.3 Å². The first kappa shape index (κ1) is 29.0. The Balaban J connectivity index is 1.80. The molecule has 0 spiro atoms. The Morgan fingerprint density at radius 2 is 1.82 bits per heavy atom. The number of aliphatic hydroxyl groups excluding tert-OH is 1. The van der Waals surface area contributed by atoms with Crippen LogP contribution in [0.5, 0.6) is 0 Å². The highest BCUT2D eigenvalue weighted by Crippen LogP contribution is 2.27. The van der Waals surface area contributed by atoms with E-state index in [9.17, 15) is 32.3 Å². The van der Waals surface area contributed by atoms with Crippen LogP contribution in [-0.4, -0.2) is 52.6 Å². The summed E-state index contributed by atoms with van der Waals surface area (Å²) in [5.41, 5.74) is 4.49. The van der Waals surface area contributed by atoms with Gasteiger partial charge in [0, 0.05) is 10.6 Å². The van der Waals surface area contributed by atoms with Crippen LogP contribution in [0.15, 0.2) is 47.3 Å². The smallest absolute Gasteiger partial charge is 0.416 e. The fourth-order valence-electron chi connectivity index (χ4n) is 3.69. The van der Waals surface area contributed by atoms with Crippen molar-refractivity contribution in [3.63, 3.8) is 0 Å². The molecule has 0 aliphatic heterocycles. The van der Waals surface area contributed by atoms with Crippen molar-refractivity contribution in [1.82, 2.24) is 29.1 Å². The molecule has 0 radical (unpaired) electrons. The van der Waals surface area contributed by atoms with Gasteiger partial charge in [-0.05, 0) is 49.4 Å². The zero-order valence-corrected chi connectivity index (χ0v) is 21.8. The molecule has 0 fully saturated rings. The largest absolute Gasteiger partial charge is 0.438 e. The minimum absolute atomic E-state index is 0.0137. The van der Waals surface area contributed by atoms with E-state index in [-0.39, 0.29) is 33.7 Å². The van der Waals surface area contributed by atoms with E-state index >= 15 is 0 Å². The van der Waals surface area contributed by atoms with Crippen molar-refractivity contribution in [2.45, 2.75) is 38.4 Å². The Morgan fingerprint density at radius 3 is 2.42 bits per heavy atom. The van der Waals surface area contributed by atoms with Gasteiger partial charge >= 0.3 is 18.0 Å². The number of benzene rings is 2. The van der Waals surface area contributed by atoms with Gasteiger partial charge in [-0.15, -0.1) is 10.2 Å². The normalized spacial score (nSPS) is 13.3. The molecular weight excluding hydrogens is 585 g/mol. The van der Waals surface area contributed by atoms with Crippen LogP contribution in [0.4, 0.5) is 22.4 Å². The first-order valence-electron chi connectivity index (χ1n) is 11.3. The highest BCUT2D eigenvalue weighted by atomic mass is 35.5. The Bertz CT molecular complexity index is 1600. The SMILES string of the molecule is C[C@@H](OC(N)=O)c1nc(Cn2nc(-c3ccc(Cl)cc3)n(C[C@H](O)C(F)(F)F)c2=O)nn1-c1ccc(F)cc1Cl. The Hall–Kier alpha value is -3.95. The molecule has 0 aliphatic rings. The van der Waals surface area contributed by atoms with Gasteiger partial charge in [0.15, 0.2) is 29.7 Å². The predicted octanol–water partition coefficient (Wildman–Crippen LogP) is 3.87. The number of alkyl halides is 3. The average Bonchev–Trinajstić information content (AvgIpc) is 3.40. The summed E-state index contributed by atoms with van der Waals surface area (Å²) in [6.07, 6.45) is -10.1. The maximum Gasteiger partial charge on any atom is 0.416 e. The van der Waals surface area contributed by atoms with Crippen molar-refractivity contribution in [1.29, 1.82) is 0 Å². The van der Waals surface area contributed by atoms with Crippen LogP contribution < -0.4 is 11.4 Å². The number of carbonyl (C=O) groups excluding carboxylic acids is 1. The molecular formula is C23H19Cl2F4N7O4. The molecule has 40 heavy (non-hydrogen) atoms. The zero-order valence-electron chi connectivity index (χ0n) is 20.3. The lowest BCUT2D eigenvalue weighted by Gasteiger charge is -2.15. The van der Waals surface area contributed by atoms with Gasteiger partial charge < -0.3 is 15.6 Å². The summed E-state index contributed by atoms with van der Waals surface area (Å²) < 4.78 is 60.6. The molecule has 0 bridgehead atoms. The van der Waals surface area contributed by atoms with Crippen LogP contribution in [0.2, 0.25) is 10.0 Å². The molecule has 2 aromatic carbocycles. The zero-order chi connectivity index (χ0) is 29.4. The van der Waals surface area contributed by atoms with E-state index in [4.69, 9.17) is 33.7 Å². The molecule has 2 aromatic heterocycles. The van der Waals surface area contributed by atoms with Crippen molar-refractivity contribution < 1.29 is 32.2 Å². The molecule has 2 heterocycles. The monoisotopic (exact) mass is 603 g/mol. The lowest BCUT2D eigenvalue weighted by atomic mass is 10.2. The number of hydrogen-bond donors (Lipinski definition) is 2. The summed E-state index contributed by atoms with van der Waals surface area (Å²) >= 11 is 12.1. The minimum Gasteiger partial charge on any atom is -0.438 e. The topological polar surface area (TPSA) is 143 Å². The molecule has 3 N–H and O–H groups in total. The van der Waals surface area contributed by atoms with Gasteiger partial charge in [-0.1, -0.05) is 23.2 Å². The number of amides is 1. The van der Waals surface area contributed by atoms with Crippen molar-refractivity contribution >= 4 is 29.3 Å². The Labute approximate surface area is 232 Å². The van der Waals surface area contributed by atoms with Gasteiger partial charge in [-0.3, -0.25) is 4.57 Å². The summed E-state index contributed by atoms with van der Waals surface area (Å²) in [5, 5.41) is 18.3. The molecule has 0 aliphatic carbocycles. The summed E-state index contributed by atoms with van der Waals surface area (Å²) in [6.45, 7) is -0.177. The maximum absolute atomic E-state index is 13.6. The predicted molar refractivity (Wildman–Crippen MR) is 134 cm³/mol. The summed E-state index contributed by atoms with van der Waals surface area (Å²) in [6, 6.07) is 9.18. The summed E-state index contributed by atoms with van der Waals surface area (Å²) in [5.74, 6) is -0.928. The molecule has 0 saturated carbocycles. The van der Waals surface area contributed by atoms with Gasteiger partial charge in [0.25, 0.3) is 0 Å². The number of nitrogens with zero attached hydrogens (tertiary/aromatic N) is 6. The second-order valence-electron chi connectivity index (χ2n) is 8.41. The van der Waals surface area contributed by atoms with Gasteiger partial charge in [0.2, 0.25) is 0 Å². The van der Waals surface area contributed by atoms with Crippen LogP contribution in [0, 0.1) is 5.82 Å². The van der Waals surface area contributed by atoms with Crippen LogP contribution in [0.3, 0.4) is 0 Å². The maximum atomic E-state index is 13.6. The fraction of sp³-hybridized carbons (Fsp3) is 0.261. The first-order valence-corrected chi connectivity index (χ1v) is 12.1. The molecule has 0 unspecified atom stereocenters. The molecule has 0 saturated heterocycles. The molecule has 17 heteroatoms. The number of nitrogens with two attached hydrogens (primary N) is 1. The van der Waals surface area contributed by atoms with E-state index in [0.29, 0.717) is 9.59 Å². The number of ether oxygens (including phenoxy) is 1. The molecule has 4 rings (SSSR count). The van der Waals surface area contributed by atoms with Crippen LogP contribution >= 0.6 is 23.2 Å². The molecule has 1 amide bonds. The van der Waals surface area contributed by atoms with Crippen molar-refractivity contribution in [2.24, 2.45) is 5.73 Å². The van der Waals surface area contributed by atoms with E-state index in [0.717, 1.165) is 21.5 Å². The number of aliphatic hydroxyl groups is 1. The second kappa shape index (κ2) is 11.3. The van der Waals surface area contributed by atoms with E-state index < -0.39 is 49.1 Å². The number of rotatable bonds is 8. The molecule has 212 valence electrons. The number of halogens is 6. The van der Waals surface area contributed by atoms with Crippen molar-refractivity contribution in [2.75, 3.05) is 0 Å². The van der Waals surface area contributed by atoms with Crippen molar-refractivity contribution in [3.8, 4) is 17.1 Å². The van der Waals surface area contributed by atoms with E-state index in [2.05, 4.69) is 15.2 Å². The lowest BCUT2D eigenvalue weighted by molar-refractivity contribution is -0.207. The van der Waals surface area contributed by atoms with Crippen LogP contribution in [0.25, 0.3) is 17.1 Å². The summed E-state index contributed by atoms with van der Waals surface area (Å²) in [4.78, 5) is 28.8. The quantitative estimate of drug-likeness (QED) is 0.291. The van der Waals surface area contributed by atoms with Crippen molar-refractivity contribution in [3.05, 3.63) is 80.5 Å². The third-order valence-corrected chi connectivity index (χ3v) is 6.07. The third-order valence-electron chi connectivity index (χ3n) is 5.52. The third kappa shape index (κ3) is 6.26.